The van der Waals surface area contributed by atoms with Crippen LogP contribution in [0.25, 0.3) is 0 Å². The predicted molar refractivity (Wildman–Crippen MR) is 71.6 cm³/mol. The van der Waals surface area contributed by atoms with Crippen LogP contribution in [-0.4, -0.2) is 32.8 Å². The van der Waals surface area contributed by atoms with Crippen molar-refractivity contribution in [3.63, 3.8) is 0 Å². The van der Waals surface area contributed by atoms with Crippen LogP contribution in [0.15, 0.2) is 24.3 Å². The maximum atomic E-state index is 11.2. The van der Waals surface area contributed by atoms with Gasteiger partial charge >= 0.3 is 6.03 Å². The average Bonchev–Trinajstić information content (AvgIpc) is 2.37. The Balaban J connectivity index is 2.30. The highest BCUT2D eigenvalue weighted by molar-refractivity contribution is 6.31. The summed E-state index contributed by atoms with van der Waals surface area (Å²) in [5, 5.41) is 5.84. The van der Waals surface area contributed by atoms with E-state index in [0.717, 1.165) is 5.56 Å². The Bertz CT molecular complexity index is 452. The number of halogens is 1. The number of hydrogen-bond donors (Lipinski definition) is 2. The molecule has 2 N–H and O–H groups in total. The smallest absolute Gasteiger partial charge is 0.315 e. The van der Waals surface area contributed by atoms with Crippen molar-refractivity contribution in [1.29, 1.82) is 0 Å². The second kappa shape index (κ2) is 8.40. The molecule has 0 fully saturated rings. The molecule has 4 nitrogen and oxygen atoms in total. The number of benzene rings is 1. The van der Waals surface area contributed by atoms with Gasteiger partial charge in [-0.05, 0) is 12.1 Å². The summed E-state index contributed by atoms with van der Waals surface area (Å²) >= 11 is 5.93. The molecule has 1 rings (SSSR count). The molecule has 5 heteroatoms. The molecule has 0 atom stereocenters. The molecule has 0 radical (unpaired) electrons. The first kappa shape index (κ1) is 14.4. The number of methoxy groups -OCH3 is 1. The Kier molecular flexibility index (Phi) is 6.70. The highest BCUT2D eigenvalue weighted by Crippen LogP contribution is 2.12. The van der Waals surface area contributed by atoms with Gasteiger partial charge in [0.25, 0.3) is 0 Å². The predicted octanol–water partition coefficient (Wildman–Crippen LogP) is 1.64. The molecule has 1 aromatic rings. The maximum Gasteiger partial charge on any atom is 0.315 e. The molecule has 0 aromatic heterocycles. The van der Waals surface area contributed by atoms with E-state index in [-0.39, 0.29) is 12.6 Å². The van der Waals surface area contributed by atoms with Crippen LogP contribution in [0, 0.1) is 11.8 Å². The summed E-state index contributed by atoms with van der Waals surface area (Å²) in [5.74, 6) is 5.71. The normalized spacial score (nSPS) is 9.22. The summed E-state index contributed by atoms with van der Waals surface area (Å²) in [4.78, 5) is 11.2. The third kappa shape index (κ3) is 5.58. The molecule has 0 bridgehead atoms. The lowest BCUT2D eigenvalue weighted by Gasteiger charge is -2.03. The van der Waals surface area contributed by atoms with Crippen molar-refractivity contribution in [3.05, 3.63) is 34.9 Å². The minimum atomic E-state index is -0.263. The third-order valence-electron chi connectivity index (χ3n) is 2.03. The summed E-state index contributed by atoms with van der Waals surface area (Å²) < 4.78 is 4.80. The lowest BCUT2D eigenvalue weighted by molar-refractivity contribution is 0.196. The molecule has 96 valence electrons. The van der Waals surface area contributed by atoms with Gasteiger partial charge in [0.15, 0.2) is 0 Å². The molecule has 0 aliphatic carbocycles. The molecule has 0 aliphatic heterocycles. The molecule has 18 heavy (non-hydrogen) atoms. The maximum absolute atomic E-state index is 11.2. The number of hydrogen-bond acceptors (Lipinski definition) is 2. The van der Waals surface area contributed by atoms with E-state index in [1.807, 2.05) is 18.2 Å². The van der Waals surface area contributed by atoms with Crippen LogP contribution in [-0.2, 0) is 4.74 Å². The van der Waals surface area contributed by atoms with Gasteiger partial charge in [-0.25, -0.2) is 4.79 Å². The lowest BCUT2D eigenvalue weighted by Crippen LogP contribution is -2.37. The molecule has 1 aromatic carbocycles. The first-order valence-electron chi connectivity index (χ1n) is 5.48. The van der Waals surface area contributed by atoms with Gasteiger partial charge in [-0.15, -0.1) is 0 Å². The van der Waals surface area contributed by atoms with Crippen molar-refractivity contribution in [1.82, 2.24) is 10.6 Å². The molecule has 0 unspecified atom stereocenters. The summed E-state index contributed by atoms with van der Waals surface area (Å²) in [6.07, 6.45) is 0. The van der Waals surface area contributed by atoms with Gasteiger partial charge in [0.1, 0.15) is 0 Å². The van der Waals surface area contributed by atoms with Gasteiger partial charge in [-0.2, -0.15) is 0 Å². The Morgan fingerprint density at radius 1 is 1.39 bits per heavy atom. The summed E-state index contributed by atoms with van der Waals surface area (Å²) in [5.41, 5.74) is 0.751. The number of carbonyl (C=O) groups excluding carboxylic acids is 1. The third-order valence-corrected chi connectivity index (χ3v) is 2.36. The minimum absolute atomic E-state index is 0.263. The van der Waals surface area contributed by atoms with Crippen molar-refractivity contribution in [2.75, 3.05) is 26.8 Å². The summed E-state index contributed by atoms with van der Waals surface area (Å²) in [6.45, 7) is 1.23. The second-order valence-corrected chi connectivity index (χ2v) is 3.79. The molecule has 0 aliphatic rings. The Hall–Kier alpha value is -1.70. The standard InChI is InChI=1S/C13H15ClN2O2/c1-18-10-9-16-13(17)15-8-4-6-11-5-2-3-7-12(11)14/h2-3,5,7H,8-10H2,1H3,(H2,15,16,17). The highest BCUT2D eigenvalue weighted by Gasteiger charge is 1.96. The van der Waals surface area contributed by atoms with Crippen LogP contribution in [0.1, 0.15) is 5.56 Å². The summed E-state index contributed by atoms with van der Waals surface area (Å²) in [7, 11) is 1.58. The quantitative estimate of drug-likeness (QED) is 0.643. The number of rotatable bonds is 4. The molecule has 0 saturated carbocycles. The average molecular weight is 267 g/mol. The van der Waals surface area contributed by atoms with E-state index >= 15 is 0 Å². The topological polar surface area (TPSA) is 50.4 Å². The number of urea groups is 1. The highest BCUT2D eigenvalue weighted by atomic mass is 35.5. The molecular weight excluding hydrogens is 252 g/mol. The van der Waals surface area contributed by atoms with E-state index in [4.69, 9.17) is 16.3 Å². The zero-order chi connectivity index (χ0) is 13.2. The van der Waals surface area contributed by atoms with Gasteiger partial charge in [-0.1, -0.05) is 35.6 Å². The molecule has 2 amide bonds. The minimum Gasteiger partial charge on any atom is -0.383 e. The first-order valence-corrected chi connectivity index (χ1v) is 5.86. The van der Waals surface area contributed by atoms with Crippen LogP contribution < -0.4 is 10.6 Å². The molecular formula is C13H15ClN2O2. The second-order valence-electron chi connectivity index (χ2n) is 3.38. The van der Waals surface area contributed by atoms with E-state index in [0.29, 0.717) is 18.2 Å². The number of ether oxygens (including phenoxy) is 1. The van der Waals surface area contributed by atoms with Gasteiger partial charge in [0, 0.05) is 19.2 Å². The van der Waals surface area contributed by atoms with Crippen molar-refractivity contribution in [2.45, 2.75) is 0 Å². The fraction of sp³-hybridized carbons (Fsp3) is 0.308. The zero-order valence-corrected chi connectivity index (χ0v) is 10.9. The first-order chi connectivity index (χ1) is 8.74. The number of carbonyl (C=O) groups is 1. The van der Waals surface area contributed by atoms with Crippen molar-refractivity contribution >= 4 is 17.6 Å². The zero-order valence-electron chi connectivity index (χ0n) is 10.1. The monoisotopic (exact) mass is 266 g/mol. The van der Waals surface area contributed by atoms with E-state index < -0.39 is 0 Å². The fourth-order valence-electron chi connectivity index (χ4n) is 1.16. The van der Waals surface area contributed by atoms with Crippen molar-refractivity contribution < 1.29 is 9.53 Å². The lowest BCUT2D eigenvalue weighted by atomic mass is 10.2. The number of amides is 2. The van der Waals surface area contributed by atoms with E-state index in [9.17, 15) is 4.79 Å². The fourth-order valence-corrected chi connectivity index (χ4v) is 1.34. The van der Waals surface area contributed by atoms with E-state index in [2.05, 4.69) is 22.5 Å². The SMILES string of the molecule is COCCNC(=O)NCC#Cc1ccccc1Cl. The van der Waals surface area contributed by atoms with Crippen molar-refractivity contribution in [2.24, 2.45) is 0 Å². The summed E-state index contributed by atoms with van der Waals surface area (Å²) in [6, 6.07) is 7.04. The number of nitrogens with one attached hydrogen (secondary N) is 2. The van der Waals surface area contributed by atoms with Gasteiger partial charge in [-0.3, -0.25) is 0 Å². The molecule has 0 spiro atoms. The van der Waals surface area contributed by atoms with Gasteiger partial charge in [0.2, 0.25) is 0 Å². The molecule has 0 saturated heterocycles. The van der Waals surface area contributed by atoms with Crippen LogP contribution >= 0.6 is 11.6 Å². The van der Waals surface area contributed by atoms with Crippen molar-refractivity contribution in [3.8, 4) is 11.8 Å². The van der Waals surface area contributed by atoms with E-state index in [1.54, 1.807) is 13.2 Å². The Labute approximate surface area is 112 Å². The largest absolute Gasteiger partial charge is 0.383 e. The van der Waals surface area contributed by atoms with Crippen LogP contribution in [0.2, 0.25) is 5.02 Å². The van der Waals surface area contributed by atoms with E-state index in [1.165, 1.54) is 0 Å². The Morgan fingerprint density at radius 2 is 2.17 bits per heavy atom. The van der Waals surface area contributed by atoms with Gasteiger partial charge in [0.05, 0.1) is 18.2 Å². The van der Waals surface area contributed by atoms with Crippen LogP contribution in [0.3, 0.4) is 0 Å². The van der Waals surface area contributed by atoms with Crippen LogP contribution in [0.4, 0.5) is 4.79 Å². The van der Waals surface area contributed by atoms with Crippen LogP contribution in [0.5, 0.6) is 0 Å². The Morgan fingerprint density at radius 3 is 2.89 bits per heavy atom. The van der Waals surface area contributed by atoms with Gasteiger partial charge < -0.3 is 15.4 Å². The molecule has 0 heterocycles.